The summed E-state index contributed by atoms with van der Waals surface area (Å²) in [6.45, 7) is 0. The van der Waals surface area contributed by atoms with Crippen molar-refractivity contribution in [2.75, 3.05) is 0 Å². The maximum Gasteiger partial charge on any atom is 0.269 e. The van der Waals surface area contributed by atoms with E-state index in [1.807, 2.05) is 29.1 Å². The number of hydroxylamine groups is 1. The second-order valence-electron chi connectivity index (χ2n) is 7.49. The molecule has 0 spiro atoms. The number of carbonyl (C=O) groups is 1. The summed E-state index contributed by atoms with van der Waals surface area (Å²) in [5.74, 6) is -0.864. The van der Waals surface area contributed by atoms with Gasteiger partial charge in [-0.15, -0.1) is 16.5 Å². The van der Waals surface area contributed by atoms with E-state index in [9.17, 15) is 18.4 Å². The number of halogens is 1. The highest BCUT2D eigenvalue weighted by atomic mass is 35.5. The van der Waals surface area contributed by atoms with Crippen LogP contribution in [0.25, 0.3) is 10.4 Å². The SMILES string of the molecule is O=C(C1C2Cc3ccccc3C21)N(O)NS(=O)(=O)c1ccc(-c2ccc(Cl)cc2)s1. The number of hydrogen-bond acceptors (Lipinski definition) is 5. The van der Waals surface area contributed by atoms with Crippen LogP contribution in [0.15, 0.2) is 64.9 Å². The first-order valence-electron chi connectivity index (χ1n) is 9.34. The number of thiophene rings is 1. The minimum Gasteiger partial charge on any atom is -0.271 e. The average Bonchev–Trinajstić information content (AvgIpc) is 3.07. The molecule has 0 aliphatic heterocycles. The third-order valence-corrected chi connectivity index (χ3v) is 8.88. The Hall–Kier alpha value is -2.23. The quantitative estimate of drug-likeness (QED) is 0.444. The first-order valence-corrected chi connectivity index (χ1v) is 12.0. The van der Waals surface area contributed by atoms with Crippen LogP contribution in [0.5, 0.6) is 0 Å². The molecule has 2 aliphatic carbocycles. The summed E-state index contributed by atoms with van der Waals surface area (Å²) in [5, 5.41) is 10.9. The molecule has 30 heavy (non-hydrogen) atoms. The fourth-order valence-corrected chi connectivity index (χ4v) is 6.61. The summed E-state index contributed by atoms with van der Waals surface area (Å²) >= 11 is 6.93. The summed E-state index contributed by atoms with van der Waals surface area (Å²) in [6.07, 6.45) is 0.771. The summed E-state index contributed by atoms with van der Waals surface area (Å²) in [4.78, 5) is 15.4. The van der Waals surface area contributed by atoms with E-state index in [1.165, 1.54) is 11.6 Å². The lowest BCUT2D eigenvalue weighted by molar-refractivity contribution is -0.174. The minimum absolute atomic E-state index is 0.000590. The van der Waals surface area contributed by atoms with E-state index in [1.54, 1.807) is 30.3 Å². The van der Waals surface area contributed by atoms with Crippen molar-refractivity contribution >= 4 is 38.9 Å². The van der Waals surface area contributed by atoms with Gasteiger partial charge in [0.25, 0.3) is 15.9 Å². The van der Waals surface area contributed by atoms with Crippen LogP contribution in [0.3, 0.4) is 0 Å². The second-order valence-corrected chi connectivity index (χ2v) is 10.9. The van der Waals surface area contributed by atoms with Crippen molar-refractivity contribution in [3.8, 4) is 10.4 Å². The predicted octanol–water partition coefficient (Wildman–Crippen LogP) is 4.07. The topological polar surface area (TPSA) is 86.7 Å². The molecule has 2 N–H and O–H groups in total. The number of hydrogen-bond donors (Lipinski definition) is 2. The molecule has 5 rings (SSSR count). The Morgan fingerprint density at radius 2 is 1.83 bits per heavy atom. The van der Waals surface area contributed by atoms with Crippen LogP contribution >= 0.6 is 22.9 Å². The summed E-state index contributed by atoms with van der Waals surface area (Å²) in [6, 6.07) is 18.1. The van der Waals surface area contributed by atoms with Crippen LogP contribution < -0.4 is 4.83 Å². The van der Waals surface area contributed by atoms with Gasteiger partial charge < -0.3 is 0 Å². The molecule has 0 saturated heterocycles. The Morgan fingerprint density at radius 3 is 2.60 bits per heavy atom. The van der Waals surface area contributed by atoms with Gasteiger partial charge in [0.1, 0.15) is 4.21 Å². The molecule has 2 aromatic carbocycles. The molecule has 9 heteroatoms. The van der Waals surface area contributed by atoms with Crippen molar-refractivity contribution in [1.29, 1.82) is 0 Å². The number of amides is 1. The zero-order valence-electron chi connectivity index (χ0n) is 15.5. The van der Waals surface area contributed by atoms with E-state index in [2.05, 4.69) is 0 Å². The third-order valence-electron chi connectivity index (χ3n) is 5.71. The molecule has 3 unspecified atom stereocenters. The first-order chi connectivity index (χ1) is 14.3. The average molecular weight is 461 g/mol. The molecule has 6 nitrogen and oxygen atoms in total. The van der Waals surface area contributed by atoms with Crippen LogP contribution in [-0.2, 0) is 21.2 Å². The van der Waals surface area contributed by atoms with Crippen LogP contribution in [0, 0.1) is 11.8 Å². The minimum atomic E-state index is -4.09. The predicted molar refractivity (Wildman–Crippen MR) is 114 cm³/mol. The van der Waals surface area contributed by atoms with Gasteiger partial charge in [0.05, 0.1) is 5.92 Å². The van der Waals surface area contributed by atoms with Crippen molar-refractivity contribution in [3.05, 3.63) is 76.8 Å². The van der Waals surface area contributed by atoms with Gasteiger partial charge in [-0.1, -0.05) is 52.8 Å². The van der Waals surface area contributed by atoms with Gasteiger partial charge in [-0.05, 0) is 53.3 Å². The number of benzene rings is 2. The van der Waals surface area contributed by atoms with E-state index < -0.39 is 21.8 Å². The van der Waals surface area contributed by atoms with Crippen LogP contribution in [0.2, 0.25) is 5.02 Å². The highest BCUT2D eigenvalue weighted by molar-refractivity contribution is 7.91. The van der Waals surface area contributed by atoms with Crippen LogP contribution in [0.1, 0.15) is 17.0 Å². The Kier molecular flexibility index (Phi) is 4.72. The number of carbonyl (C=O) groups excluding carboxylic acids is 1. The third kappa shape index (κ3) is 3.34. The van der Waals surface area contributed by atoms with Gasteiger partial charge in [0.15, 0.2) is 0 Å². The lowest BCUT2D eigenvalue weighted by Crippen LogP contribution is -2.44. The number of fused-ring (bicyclic) bond motifs is 3. The zero-order valence-corrected chi connectivity index (χ0v) is 17.9. The monoisotopic (exact) mass is 460 g/mol. The van der Waals surface area contributed by atoms with Gasteiger partial charge in [-0.2, -0.15) is 0 Å². The Balaban J connectivity index is 1.29. The Bertz CT molecular complexity index is 1240. The lowest BCUT2D eigenvalue weighted by Gasteiger charge is -2.16. The number of hydrazine groups is 1. The lowest BCUT2D eigenvalue weighted by atomic mass is 10.0. The fraction of sp³-hybridized carbons (Fsp3) is 0.190. The second kappa shape index (κ2) is 7.18. The highest BCUT2D eigenvalue weighted by Gasteiger charge is 2.60. The van der Waals surface area contributed by atoms with E-state index in [0.717, 1.165) is 33.8 Å². The molecule has 2 aliphatic rings. The van der Waals surface area contributed by atoms with E-state index in [-0.39, 0.29) is 21.2 Å². The van der Waals surface area contributed by atoms with Crippen LogP contribution in [-0.4, -0.2) is 24.7 Å². The first kappa shape index (κ1) is 19.7. The maximum atomic E-state index is 12.7. The van der Waals surface area contributed by atoms with E-state index in [0.29, 0.717) is 5.02 Å². The Labute approximate surface area is 182 Å². The summed E-state index contributed by atoms with van der Waals surface area (Å²) < 4.78 is 25.3. The van der Waals surface area contributed by atoms with Crippen molar-refractivity contribution in [2.24, 2.45) is 11.8 Å². The molecule has 1 saturated carbocycles. The molecular formula is C21H17ClN2O4S2. The maximum absolute atomic E-state index is 12.7. The van der Waals surface area contributed by atoms with Gasteiger partial charge >= 0.3 is 0 Å². The molecule has 1 fully saturated rings. The molecule has 1 aromatic heterocycles. The van der Waals surface area contributed by atoms with Crippen LogP contribution in [0.4, 0.5) is 0 Å². The summed E-state index contributed by atoms with van der Waals surface area (Å²) in [7, 11) is -4.09. The molecule has 1 amide bonds. The normalized spacial score (nSPS) is 21.7. The molecular weight excluding hydrogens is 444 g/mol. The van der Waals surface area contributed by atoms with Crippen molar-refractivity contribution < 1.29 is 18.4 Å². The number of sulfonamides is 1. The highest BCUT2D eigenvalue weighted by Crippen LogP contribution is 2.61. The van der Waals surface area contributed by atoms with Gasteiger partial charge in [-0.25, -0.2) is 8.42 Å². The van der Waals surface area contributed by atoms with Crippen molar-refractivity contribution in [1.82, 2.24) is 10.0 Å². The fourth-order valence-electron chi connectivity index (χ4n) is 4.27. The Morgan fingerprint density at radius 1 is 1.10 bits per heavy atom. The number of nitrogens with one attached hydrogen (secondary N) is 1. The largest absolute Gasteiger partial charge is 0.271 e. The molecule has 3 atom stereocenters. The zero-order chi connectivity index (χ0) is 21.0. The van der Waals surface area contributed by atoms with Crippen molar-refractivity contribution in [3.63, 3.8) is 0 Å². The van der Waals surface area contributed by atoms with Gasteiger partial charge in [0, 0.05) is 15.8 Å². The van der Waals surface area contributed by atoms with Gasteiger partial charge in [-0.3, -0.25) is 10.0 Å². The van der Waals surface area contributed by atoms with Crippen molar-refractivity contribution in [2.45, 2.75) is 16.5 Å². The molecule has 0 radical (unpaired) electrons. The summed E-state index contributed by atoms with van der Waals surface area (Å²) in [5.41, 5.74) is 3.16. The molecule has 154 valence electrons. The number of rotatable bonds is 5. The van der Waals surface area contributed by atoms with Gasteiger partial charge in [0.2, 0.25) is 0 Å². The number of nitrogens with zero attached hydrogens (tertiary/aromatic N) is 1. The standard InChI is InChI=1S/C21H17ClN2O4S2/c22-14-7-5-12(6-8-14)17-9-10-18(29-17)30(27,28)23-24(26)21(25)20-16-11-13-3-1-2-4-15(13)19(16)20/h1-10,16,19-20,23,26H,11H2. The molecule has 3 aromatic rings. The molecule has 1 heterocycles. The smallest absolute Gasteiger partial charge is 0.269 e. The van der Waals surface area contributed by atoms with E-state index in [4.69, 9.17) is 11.6 Å². The van der Waals surface area contributed by atoms with E-state index >= 15 is 0 Å². The molecule has 0 bridgehead atoms.